The number of carboxylic acids is 1. The third-order valence-corrected chi connectivity index (χ3v) is 7.78. The fourth-order valence-electron chi connectivity index (χ4n) is 5.68. The summed E-state index contributed by atoms with van der Waals surface area (Å²) in [7, 11) is 1.27. The second-order valence-corrected chi connectivity index (χ2v) is 10.3. The van der Waals surface area contributed by atoms with Gasteiger partial charge in [-0.25, -0.2) is 19.6 Å². The van der Waals surface area contributed by atoms with Gasteiger partial charge in [-0.2, -0.15) is 0 Å². The summed E-state index contributed by atoms with van der Waals surface area (Å²) < 4.78 is 11.4. The number of rotatable bonds is 10. The predicted molar refractivity (Wildman–Crippen MR) is 163 cm³/mol. The Labute approximate surface area is 255 Å². The van der Waals surface area contributed by atoms with Gasteiger partial charge in [0, 0.05) is 17.0 Å². The number of carbonyl (C=O) groups excluding carboxylic acids is 2. The third-order valence-electron chi connectivity index (χ3n) is 7.78. The number of anilines is 1. The number of hydrogen-bond donors (Lipinski definition) is 2. The predicted octanol–water partition coefficient (Wildman–Crippen LogP) is 4.23. The summed E-state index contributed by atoms with van der Waals surface area (Å²) in [5, 5.41) is 14.1. The number of ether oxygens (including phenoxy) is 2. The van der Waals surface area contributed by atoms with Gasteiger partial charge in [0.05, 0.1) is 19.3 Å². The number of hydrogen-bond acceptors (Lipinski definition) is 8. The fraction of sp³-hybridized carbons (Fsp3) is 0.265. The van der Waals surface area contributed by atoms with Crippen LogP contribution in [0.25, 0.3) is 0 Å². The lowest BCUT2D eigenvalue weighted by atomic mass is 9.77. The maximum Gasteiger partial charge on any atom is 0.347 e. The molecule has 4 aromatic rings. The molecule has 1 aliphatic heterocycles. The summed E-state index contributed by atoms with van der Waals surface area (Å²) >= 11 is 0. The second kappa shape index (κ2) is 13.0. The van der Waals surface area contributed by atoms with E-state index in [4.69, 9.17) is 9.47 Å². The van der Waals surface area contributed by atoms with Gasteiger partial charge in [-0.3, -0.25) is 15.0 Å². The molecule has 0 aliphatic carbocycles. The minimum Gasteiger partial charge on any atom is -0.478 e. The van der Waals surface area contributed by atoms with E-state index in [9.17, 15) is 19.5 Å². The Balaban J connectivity index is 1.77. The highest BCUT2D eigenvalue weighted by Crippen LogP contribution is 2.44. The van der Waals surface area contributed by atoms with Gasteiger partial charge < -0.3 is 14.6 Å². The smallest absolute Gasteiger partial charge is 0.347 e. The van der Waals surface area contributed by atoms with Crippen LogP contribution in [0, 0.1) is 0 Å². The minimum atomic E-state index is -1.64. The van der Waals surface area contributed by atoms with E-state index in [1.807, 2.05) is 32.0 Å². The van der Waals surface area contributed by atoms with Crippen LogP contribution in [0.15, 0.2) is 91.0 Å². The van der Waals surface area contributed by atoms with E-state index in [1.54, 1.807) is 72.8 Å². The Bertz CT molecular complexity index is 1630. The van der Waals surface area contributed by atoms with Crippen LogP contribution in [0.5, 0.6) is 6.01 Å². The number of aromatic nitrogens is 2. The average molecular weight is 595 g/mol. The first-order chi connectivity index (χ1) is 21.3. The van der Waals surface area contributed by atoms with Gasteiger partial charge in [0.1, 0.15) is 5.54 Å². The highest BCUT2D eigenvalue weighted by atomic mass is 16.5. The number of para-hydroxylation sites is 1. The van der Waals surface area contributed by atoms with E-state index < -0.39 is 35.5 Å². The van der Waals surface area contributed by atoms with Crippen molar-refractivity contribution in [1.82, 2.24) is 15.3 Å². The first-order valence-electron chi connectivity index (χ1n) is 14.4. The molecule has 2 heterocycles. The summed E-state index contributed by atoms with van der Waals surface area (Å²) in [5.74, 6) is -2.40. The van der Waals surface area contributed by atoms with E-state index in [0.717, 1.165) is 0 Å². The molecular weight excluding hydrogens is 560 g/mol. The topological polar surface area (TPSA) is 131 Å². The molecule has 0 spiro atoms. The monoisotopic (exact) mass is 594 g/mol. The molecule has 1 aromatic heterocycles. The van der Waals surface area contributed by atoms with Gasteiger partial charge in [-0.15, -0.1) is 0 Å². The molecular formula is C34H34N4O6. The van der Waals surface area contributed by atoms with Gasteiger partial charge in [-0.1, -0.05) is 92.7 Å². The highest BCUT2D eigenvalue weighted by Gasteiger charge is 2.53. The molecule has 10 heteroatoms. The number of benzene rings is 3. The third kappa shape index (κ3) is 5.63. The van der Waals surface area contributed by atoms with Crippen LogP contribution in [0.3, 0.4) is 0 Å². The number of amides is 1. The zero-order chi connectivity index (χ0) is 31.3. The number of esters is 1. The van der Waals surface area contributed by atoms with Gasteiger partial charge in [0.2, 0.25) is 12.0 Å². The van der Waals surface area contributed by atoms with Gasteiger partial charge in [-0.05, 0) is 36.1 Å². The van der Waals surface area contributed by atoms with E-state index in [0.29, 0.717) is 46.6 Å². The molecule has 1 aliphatic rings. The van der Waals surface area contributed by atoms with Crippen LogP contribution < -0.4 is 15.0 Å². The average Bonchev–Trinajstić information content (AvgIpc) is 3.19. The lowest BCUT2D eigenvalue weighted by molar-refractivity contribution is -0.149. The van der Waals surface area contributed by atoms with Crippen molar-refractivity contribution in [2.24, 2.45) is 0 Å². The maximum atomic E-state index is 14.1. The Morgan fingerprint density at radius 1 is 0.932 bits per heavy atom. The van der Waals surface area contributed by atoms with Crippen molar-refractivity contribution in [3.05, 3.63) is 119 Å². The van der Waals surface area contributed by atoms with Crippen molar-refractivity contribution in [2.75, 3.05) is 18.6 Å². The normalized spacial score (nSPS) is 17.6. The molecule has 0 saturated heterocycles. The van der Waals surface area contributed by atoms with Crippen molar-refractivity contribution < 1.29 is 29.0 Å². The molecule has 0 fully saturated rings. The van der Waals surface area contributed by atoms with Crippen LogP contribution in [0.1, 0.15) is 48.0 Å². The first kappa shape index (κ1) is 30.4. The molecule has 0 unspecified atom stereocenters. The molecule has 0 radical (unpaired) electrons. The van der Waals surface area contributed by atoms with Crippen molar-refractivity contribution in [2.45, 2.75) is 44.4 Å². The molecule has 226 valence electrons. The Morgan fingerprint density at radius 3 is 2.11 bits per heavy atom. The number of carboxylic acid groups (broad SMARTS) is 1. The zero-order valence-electron chi connectivity index (χ0n) is 24.8. The molecule has 44 heavy (non-hydrogen) atoms. The highest BCUT2D eigenvalue weighted by molar-refractivity contribution is 6.03. The summed E-state index contributed by atoms with van der Waals surface area (Å²) in [5.41, 5.74) is 1.62. The van der Waals surface area contributed by atoms with Crippen LogP contribution in [-0.4, -0.2) is 52.7 Å². The van der Waals surface area contributed by atoms with E-state index in [2.05, 4.69) is 15.3 Å². The number of carbonyl (C=O) groups is 3. The molecule has 5 rings (SSSR count). The summed E-state index contributed by atoms with van der Waals surface area (Å²) in [6.07, 6.45) is -0.428. The van der Waals surface area contributed by atoms with Gasteiger partial charge in [0.15, 0.2) is 6.04 Å². The van der Waals surface area contributed by atoms with E-state index in [1.165, 1.54) is 12.0 Å². The molecule has 0 bridgehead atoms. The summed E-state index contributed by atoms with van der Waals surface area (Å²) in [4.78, 5) is 51.1. The van der Waals surface area contributed by atoms with Crippen LogP contribution in [0.2, 0.25) is 0 Å². The SMILES string of the molecule is CCc1cc(CC)nc(O[C@H](C(=O)O)[C@]2(c3ccccc3)NCC(=O)N([C@@H](C(=O)OC)c3ccccc3)c3ccccc32)n1. The summed E-state index contributed by atoms with van der Waals surface area (Å²) in [6.45, 7) is 3.56. The molecule has 2 N–H and O–H groups in total. The molecule has 3 aromatic carbocycles. The lowest BCUT2D eigenvalue weighted by Crippen LogP contribution is -2.58. The van der Waals surface area contributed by atoms with Crippen molar-refractivity contribution in [3.8, 4) is 6.01 Å². The molecule has 10 nitrogen and oxygen atoms in total. The Kier molecular flexibility index (Phi) is 9.01. The number of nitrogens with zero attached hydrogens (tertiary/aromatic N) is 3. The Morgan fingerprint density at radius 2 is 1.52 bits per heavy atom. The van der Waals surface area contributed by atoms with E-state index in [-0.39, 0.29) is 12.6 Å². The number of fused-ring (bicyclic) bond motifs is 1. The van der Waals surface area contributed by atoms with Crippen LogP contribution >= 0.6 is 0 Å². The largest absolute Gasteiger partial charge is 0.478 e. The Hall–Kier alpha value is -5.09. The van der Waals surface area contributed by atoms with E-state index >= 15 is 0 Å². The quantitative estimate of drug-likeness (QED) is 0.259. The van der Waals surface area contributed by atoms with Crippen molar-refractivity contribution in [3.63, 3.8) is 0 Å². The number of aryl methyl sites for hydroxylation is 2. The van der Waals surface area contributed by atoms with Gasteiger partial charge >= 0.3 is 17.9 Å². The van der Waals surface area contributed by atoms with Crippen molar-refractivity contribution >= 4 is 23.5 Å². The zero-order valence-corrected chi connectivity index (χ0v) is 24.8. The van der Waals surface area contributed by atoms with Crippen molar-refractivity contribution in [1.29, 1.82) is 0 Å². The molecule has 3 atom stereocenters. The standard InChI is InChI=1S/C34H34N4O6/c1-4-24-20-25(5-2)37-33(36-24)44-30(31(40)41)34(23-16-10-7-11-17-23)26-18-12-13-19-27(26)38(28(39)21-35-34)29(32(42)43-3)22-14-8-6-9-15-22/h6-20,29-30,35H,4-5,21H2,1-3H3,(H,40,41)/t29-,30-,34-/m1/s1. The first-order valence-corrected chi connectivity index (χ1v) is 14.4. The number of methoxy groups -OCH3 is 1. The second-order valence-electron chi connectivity index (χ2n) is 10.3. The number of nitrogens with one attached hydrogen (secondary N) is 1. The molecule has 0 saturated carbocycles. The lowest BCUT2D eigenvalue weighted by Gasteiger charge is -2.40. The van der Waals surface area contributed by atoms with Gasteiger partial charge in [0.25, 0.3) is 0 Å². The van der Waals surface area contributed by atoms with Crippen LogP contribution in [0.4, 0.5) is 5.69 Å². The fourth-order valence-corrected chi connectivity index (χ4v) is 5.68. The summed E-state index contributed by atoms with van der Waals surface area (Å²) in [6, 6.07) is 25.4. The maximum absolute atomic E-state index is 14.1. The minimum absolute atomic E-state index is 0.0765. The van der Waals surface area contributed by atoms with Crippen LogP contribution in [-0.2, 0) is 37.5 Å². The number of aliphatic carboxylic acids is 1. The molecule has 1 amide bonds.